The lowest BCUT2D eigenvalue weighted by Crippen LogP contribution is -2.34. The molecule has 0 radical (unpaired) electrons. The minimum absolute atomic E-state index is 0.0856. The van der Waals surface area contributed by atoms with Crippen molar-refractivity contribution in [3.63, 3.8) is 0 Å². The lowest BCUT2D eigenvalue weighted by Gasteiger charge is -2.34. The molecular weight excluding hydrogens is 262 g/mol. The summed E-state index contributed by atoms with van der Waals surface area (Å²) in [6.45, 7) is 3.28. The molecule has 3 nitrogen and oxygen atoms in total. The lowest BCUT2D eigenvalue weighted by atomic mass is 9.84. The van der Waals surface area contributed by atoms with Crippen LogP contribution in [0.25, 0.3) is 0 Å². The highest BCUT2D eigenvalue weighted by Gasteiger charge is 2.23. The predicted molar refractivity (Wildman–Crippen MR) is 86.4 cm³/mol. The summed E-state index contributed by atoms with van der Waals surface area (Å²) in [6, 6.07) is 6.63. The molecule has 0 atom stereocenters. The zero-order valence-corrected chi connectivity index (χ0v) is 13.6. The summed E-state index contributed by atoms with van der Waals surface area (Å²) in [7, 11) is 3.92. The number of methoxy groups -OCH3 is 1. The van der Waals surface area contributed by atoms with E-state index >= 15 is 0 Å². The molecule has 1 saturated carbocycles. The molecule has 0 spiro atoms. The van der Waals surface area contributed by atoms with Crippen molar-refractivity contribution in [1.29, 1.82) is 0 Å². The van der Waals surface area contributed by atoms with Gasteiger partial charge >= 0.3 is 0 Å². The van der Waals surface area contributed by atoms with E-state index in [-0.39, 0.29) is 6.61 Å². The third-order valence-corrected chi connectivity index (χ3v) is 4.96. The number of aliphatic hydroxyl groups excluding tert-OH is 1. The highest BCUT2D eigenvalue weighted by Crippen LogP contribution is 2.30. The number of aliphatic hydroxyl groups is 1. The molecule has 0 amide bonds. The maximum absolute atomic E-state index is 9.31. The minimum atomic E-state index is 0.0856. The maximum atomic E-state index is 9.31. The van der Waals surface area contributed by atoms with Crippen LogP contribution in [0.15, 0.2) is 18.2 Å². The van der Waals surface area contributed by atoms with Crippen LogP contribution in [0.1, 0.15) is 50.2 Å². The van der Waals surface area contributed by atoms with Crippen LogP contribution >= 0.6 is 0 Å². The first-order chi connectivity index (χ1) is 10.2. The van der Waals surface area contributed by atoms with Gasteiger partial charge in [-0.15, -0.1) is 0 Å². The van der Waals surface area contributed by atoms with Crippen molar-refractivity contribution >= 4 is 0 Å². The SMILES string of the molecule is CCC1CCC(N(C)Cc2cc(CO)ccc2OC)CC1. The van der Waals surface area contributed by atoms with Crippen molar-refractivity contribution in [3.8, 4) is 5.75 Å². The Balaban J connectivity index is 2.00. The van der Waals surface area contributed by atoms with Gasteiger partial charge in [-0.3, -0.25) is 4.90 Å². The second-order valence-electron chi connectivity index (χ2n) is 6.30. The molecule has 1 aromatic carbocycles. The Morgan fingerprint density at radius 3 is 2.52 bits per heavy atom. The third-order valence-electron chi connectivity index (χ3n) is 4.96. The molecule has 21 heavy (non-hydrogen) atoms. The molecule has 0 aromatic heterocycles. The van der Waals surface area contributed by atoms with Crippen molar-refractivity contribution in [3.05, 3.63) is 29.3 Å². The molecule has 1 N–H and O–H groups in total. The second kappa shape index (κ2) is 7.81. The molecule has 0 bridgehead atoms. The molecule has 3 heteroatoms. The monoisotopic (exact) mass is 291 g/mol. The summed E-state index contributed by atoms with van der Waals surface area (Å²) >= 11 is 0. The molecule has 0 aliphatic heterocycles. The Labute approximate surface area is 128 Å². The first-order valence-corrected chi connectivity index (χ1v) is 8.14. The summed E-state index contributed by atoms with van der Waals surface area (Å²) in [5.41, 5.74) is 2.12. The molecule has 2 rings (SSSR count). The van der Waals surface area contributed by atoms with E-state index < -0.39 is 0 Å². The molecule has 0 unspecified atom stereocenters. The topological polar surface area (TPSA) is 32.7 Å². The van der Waals surface area contributed by atoms with Crippen molar-refractivity contribution in [2.45, 2.75) is 58.2 Å². The van der Waals surface area contributed by atoms with Gasteiger partial charge in [0.25, 0.3) is 0 Å². The summed E-state index contributed by atoms with van der Waals surface area (Å²) in [5.74, 6) is 1.85. The molecule has 0 heterocycles. The lowest BCUT2D eigenvalue weighted by molar-refractivity contribution is 0.156. The van der Waals surface area contributed by atoms with Crippen molar-refractivity contribution in [2.75, 3.05) is 14.2 Å². The van der Waals surface area contributed by atoms with Crippen LogP contribution in [0.4, 0.5) is 0 Å². The smallest absolute Gasteiger partial charge is 0.123 e. The average molecular weight is 291 g/mol. The average Bonchev–Trinajstić information content (AvgIpc) is 2.54. The van der Waals surface area contributed by atoms with Gasteiger partial charge < -0.3 is 9.84 Å². The quantitative estimate of drug-likeness (QED) is 0.869. The Morgan fingerprint density at radius 1 is 1.24 bits per heavy atom. The largest absolute Gasteiger partial charge is 0.496 e. The highest BCUT2D eigenvalue weighted by atomic mass is 16.5. The van der Waals surface area contributed by atoms with E-state index in [4.69, 9.17) is 4.74 Å². The normalized spacial score (nSPS) is 22.5. The zero-order valence-electron chi connectivity index (χ0n) is 13.6. The van der Waals surface area contributed by atoms with Gasteiger partial charge in [0.05, 0.1) is 13.7 Å². The van der Waals surface area contributed by atoms with E-state index in [1.165, 1.54) is 37.7 Å². The van der Waals surface area contributed by atoms with Crippen LogP contribution in [0.2, 0.25) is 0 Å². The molecule has 1 aromatic rings. The van der Waals surface area contributed by atoms with Crippen LogP contribution in [0.5, 0.6) is 5.75 Å². The summed E-state index contributed by atoms with van der Waals surface area (Å²) in [6.07, 6.45) is 6.65. The van der Waals surface area contributed by atoms with E-state index in [1.807, 2.05) is 12.1 Å². The van der Waals surface area contributed by atoms with Crippen molar-refractivity contribution in [2.24, 2.45) is 5.92 Å². The van der Waals surface area contributed by atoms with Crippen LogP contribution in [-0.2, 0) is 13.2 Å². The predicted octanol–water partition coefficient (Wildman–Crippen LogP) is 3.59. The van der Waals surface area contributed by atoms with Gasteiger partial charge in [-0.1, -0.05) is 19.4 Å². The Bertz CT molecular complexity index is 439. The van der Waals surface area contributed by atoms with E-state index in [2.05, 4.69) is 24.9 Å². The number of hydrogen-bond acceptors (Lipinski definition) is 3. The summed E-state index contributed by atoms with van der Waals surface area (Å²) in [5, 5.41) is 9.31. The number of benzene rings is 1. The number of nitrogens with zero attached hydrogens (tertiary/aromatic N) is 1. The molecular formula is C18H29NO2. The first kappa shape index (κ1) is 16.3. The van der Waals surface area contributed by atoms with E-state index in [1.54, 1.807) is 7.11 Å². The molecule has 118 valence electrons. The van der Waals surface area contributed by atoms with Gasteiger partial charge in [-0.05, 0) is 56.3 Å². The van der Waals surface area contributed by atoms with Gasteiger partial charge in [0.2, 0.25) is 0 Å². The van der Waals surface area contributed by atoms with Crippen molar-refractivity contribution in [1.82, 2.24) is 4.90 Å². The van der Waals surface area contributed by atoms with Gasteiger partial charge in [0.15, 0.2) is 0 Å². The number of hydrogen-bond donors (Lipinski definition) is 1. The van der Waals surface area contributed by atoms with Crippen LogP contribution < -0.4 is 4.74 Å². The van der Waals surface area contributed by atoms with Crippen LogP contribution in [-0.4, -0.2) is 30.2 Å². The van der Waals surface area contributed by atoms with Gasteiger partial charge in [-0.25, -0.2) is 0 Å². The van der Waals surface area contributed by atoms with E-state index in [9.17, 15) is 5.11 Å². The number of ether oxygens (including phenoxy) is 1. The summed E-state index contributed by atoms with van der Waals surface area (Å²) in [4.78, 5) is 2.45. The number of rotatable bonds is 6. The Morgan fingerprint density at radius 2 is 1.95 bits per heavy atom. The standard InChI is InChI=1S/C18H29NO2/c1-4-14-5-8-17(9-6-14)19(2)12-16-11-15(13-20)7-10-18(16)21-3/h7,10-11,14,17,20H,4-6,8-9,12-13H2,1-3H3. The van der Waals surface area contributed by atoms with Crippen LogP contribution in [0.3, 0.4) is 0 Å². The van der Waals surface area contributed by atoms with E-state index in [0.717, 1.165) is 23.8 Å². The fourth-order valence-corrected chi connectivity index (χ4v) is 3.45. The zero-order chi connectivity index (χ0) is 15.2. The molecule has 1 aliphatic rings. The van der Waals surface area contributed by atoms with E-state index in [0.29, 0.717) is 6.04 Å². The van der Waals surface area contributed by atoms with Crippen LogP contribution in [0, 0.1) is 5.92 Å². The third kappa shape index (κ3) is 4.21. The minimum Gasteiger partial charge on any atom is -0.496 e. The summed E-state index contributed by atoms with van der Waals surface area (Å²) < 4.78 is 5.46. The molecule has 1 fully saturated rings. The van der Waals surface area contributed by atoms with Crippen molar-refractivity contribution < 1.29 is 9.84 Å². The second-order valence-corrected chi connectivity index (χ2v) is 6.30. The van der Waals surface area contributed by atoms with Gasteiger partial charge in [-0.2, -0.15) is 0 Å². The maximum Gasteiger partial charge on any atom is 0.123 e. The Hall–Kier alpha value is -1.06. The van der Waals surface area contributed by atoms with Gasteiger partial charge in [0, 0.05) is 18.2 Å². The molecule has 1 aliphatic carbocycles. The highest BCUT2D eigenvalue weighted by molar-refractivity contribution is 5.37. The Kier molecular flexibility index (Phi) is 6.07. The molecule has 0 saturated heterocycles. The van der Waals surface area contributed by atoms with Gasteiger partial charge in [0.1, 0.15) is 5.75 Å². The first-order valence-electron chi connectivity index (χ1n) is 8.14. The fraction of sp³-hybridized carbons (Fsp3) is 0.667. The fourth-order valence-electron chi connectivity index (χ4n) is 3.45.